The summed E-state index contributed by atoms with van der Waals surface area (Å²) < 4.78 is 1.36. The Bertz CT molecular complexity index is 535. The molecular formula is C12H13N3O. The zero-order chi connectivity index (χ0) is 12.3. The van der Waals surface area contributed by atoms with Crippen molar-refractivity contribution in [2.75, 3.05) is 0 Å². The number of aromatic nitrogens is 1. The summed E-state index contributed by atoms with van der Waals surface area (Å²) >= 11 is 0. The van der Waals surface area contributed by atoms with Crippen molar-refractivity contribution in [2.24, 2.45) is 0 Å². The molecule has 0 aromatic carbocycles. The first kappa shape index (κ1) is 12.0. The molecule has 1 aromatic heterocycles. The Balaban J connectivity index is 3.56. The number of nitriles is 2. The van der Waals surface area contributed by atoms with E-state index in [1.54, 1.807) is 6.07 Å². The summed E-state index contributed by atoms with van der Waals surface area (Å²) in [6.45, 7) is 5.85. The third-order valence-electron chi connectivity index (χ3n) is 2.29. The summed E-state index contributed by atoms with van der Waals surface area (Å²) in [5.41, 5.74) is 0.210. The molecule has 0 saturated carbocycles. The lowest BCUT2D eigenvalue weighted by atomic mass is 9.91. The minimum atomic E-state index is -0.392. The third-order valence-corrected chi connectivity index (χ3v) is 2.29. The van der Waals surface area contributed by atoms with E-state index >= 15 is 0 Å². The van der Waals surface area contributed by atoms with Gasteiger partial charge < -0.3 is 0 Å². The van der Waals surface area contributed by atoms with Gasteiger partial charge in [-0.25, -0.2) is 0 Å². The number of hydrogen-bond acceptors (Lipinski definition) is 3. The van der Waals surface area contributed by atoms with Crippen molar-refractivity contribution >= 4 is 0 Å². The van der Waals surface area contributed by atoms with Crippen LogP contribution in [0.2, 0.25) is 0 Å². The summed E-state index contributed by atoms with van der Waals surface area (Å²) in [4.78, 5) is 11.8. The molecule has 0 spiro atoms. The van der Waals surface area contributed by atoms with E-state index in [1.807, 2.05) is 32.9 Å². The van der Waals surface area contributed by atoms with E-state index in [0.717, 1.165) is 5.69 Å². The van der Waals surface area contributed by atoms with E-state index in [2.05, 4.69) is 0 Å². The van der Waals surface area contributed by atoms with Gasteiger partial charge in [-0.15, -0.1) is 0 Å². The number of pyridine rings is 1. The van der Waals surface area contributed by atoms with E-state index in [4.69, 9.17) is 10.5 Å². The Morgan fingerprint density at radius 1 is 1.31 bits per heavy atom. The fourth-order valence-corrected chi connectivity index (χ4v) is 1.55. The normalized spacial score (nSPS) is 10.6. The van der Waals surface area contributed by atoms with Crippen LogP contribution in [0.25, 0.3) is 0 Å². The van der Waals surface area contributed by atoms with Gasteiger partial charge in [0.05, 0.1) is 6.07 Å². The van der Waals surface area contributed by atoms with Crippen LogP contribution in [0.3, 0.4) is 0 Å². The minimum Gasteiger partial charge on any atom is -0.297 e. The van der Waals surface area contributed by atoms with Gasteiger partial charge in [-0.1, -0.05) is 20.8 Å². The highest BCUT2D eigenvalue weighted by atomic mass is 16.1. The Morgan fingerprint density at radius 3 is 2.38 bits per heavy atom. The van der Waals surface area contributed by atoms with Crippen LogP contribution in [0.1, 0.15) is 32.0 Å². The Morgan fingerprint density at radius 2 is 1.94 bits per heavy atom. The first-order chi connectivity index (χ1) is 7.41. The van der Waals surface area contributed by atoms with Crippen LogP contribution in [0.15, 0.2) is 16.9 Å². The average Bonchev–Trinajstić information content (AvgIpc) is 2.19. The summed E-state index contributed by atoms with van der Waals surface area (Å²) in [5.74, 6) is 0. The second-order valence-corrected chi connectivity index (χ2v) is 4.54. The molecule has 0 amide bonds. The van der Waals surface area contributed by atoms with Crippen LogP contribution >= 0.6 is 0 Å². The Hall–Kier alpha value is -2.07. The molecule has 0 radical (unpaired) electrons. The Kier molecular flexibility index (Phi) is 3.15. The molecule has 1 heterocycles. The van der Waals surface area contributed by atoms with Gasteiger partial charge in [-0.3, -0.25) is 9.36 Å². The SMILES string of the molecule is CC(C)(C)c1ccc(C#N)c(=O)n1CC#N. The van der Waals surface area contributed by atoms with Crippen molar-refractivity contribution in [3.8, 4) is 12.1 Å². The lowest BCUT2D eigenvalue weighted by molar-refractivity contribution is 0.521. The maximum atomic E-state index is 11.8. The van der Waals surface area contributed by atoms with Crippen LogP contribution in [0, 0.1) is 22.7 Å². The zero-order valence-corrected chi connectivity index (χ0v) is 9.61. The predicted octanol–water partition coefficient (Wildman–Crippen LogP) is 1.54. The first-order valence-electron chi connectivity index (χ1n) is 4.93. The zero-order valence-electron chi connectivity index (χ0n) is 9.61. The van der Waals surface area contributed by atoms with E-state index < -0.39 is 5.56 Å². The number of nitrogens with zero attached hydrogens (tertiary/aromatic N) is 3. The van der Waals surface area contributed by atoms with Crippen LogP contribution in [-0.2, 0) is 12.0 Å². The third kappa shape index (κ3) is 2.12. The van der Waals surface area contributed by atoms with E-state index in [-0.39, 0.29) is 17.5 Å². The molecule has 0 saturated heterocycles. The predicted molar refractivity (Wildman–Crippen MR) is 59.7 cm³/mol. The van der Waals surface area contributed by atoms with Gasteiger partial charge in [-0.2, -0.15) is 10.5 Å². The molecule has 0 bridgehead atoms. The van der Waals surface area contributed by atoms with Gasteiger partial charge >= 0.3 is 0 Å². The second kappa shape index (κ2) is 4.20. The van der Waals surface area contributed by atoms with Gasteiger partial charge in [0.2, 0.25) is 0 Å². The van der Waals surface area contributed by atoms with Gasteiger partial charge in [0.25, 0.3) is 5.56 Å². The van der Waals surface area contributed by atoms with Crippen molar-refractivity contribution in [2.45, 2.75) is 32.7 Å². The fraction of sp³-hybridized carbons (Fsp3) is 0.417. The van der Waals surface area contributed by atoms with E-state index in [9.17, 15) is 4.79 Å². The van der Waals surface area contributed by atoms with Gasteiger partial charge in [0.15, 0.2) is 0 Å². The van der Waals surface area contributed by atoms with Crippen molar-refractivity contribution in [1.29, 1.82) is 10.5 Å². The Labute approximate surface area is 94.4 Å². The maximum Gasteiger partial charge on any atom is 0.269 e. The van der Waals surface area contributed by atoms with Crippen LogP contribution in [0.5, 0.6) is 0 Å². The average molecular weight is 215 g/mol. The highest BCUT2D eigenvalue weighted by molar-refractivity contribution is 5.30. The molecule has 4 heteroatoms. The van der Waals surface area contributed by atoms with Crippen molar-refractivity contribution < 1.29 is 0 Å². The van der Waals surface area contributed by atoms with Crippen LogP contribution in [-0.4, -0.2) is 4.57 Å². The monoisotopic (exact) mass is 215 g/mol. The largest absolute Gasteiger partial charge is 0.297 e. The van der Waals surface area contributed by atoms with Crippen molar-refractivity contribution in [3.05, 3.63) is 33.7 Å². The van der Waals surface area contributed by atoms with Gasteiger partial charge in [0, 0.05) is 11.1 Å². The van der Waals surface area contributed by atoms with E-state index in [0.29, 0.717) is 0 Å². The molecule has 82 valence electrons. The topological polar surface area (TPSA) is 69.6 Å². The molecule has 1 aromatic rings. The second-order valence-electron chi connectivity index (χ2n) is 4.54. The molecule has 16 heavy (non-hydrogen) atoms. The molecule has 0 atom stereocenters. The summed E-state index contributed by atoms with van der Waals surface area (Å²) in [7, 11) is 0. The summed E-state index contributed by atoms with van der Waals surface area (Å²) in [5, 5.41) is 17.5. The molecular weight excluding hydrogens is 202 g/mol. The molecule has 0 aliphatic carbocycles. The number of rotatable bonds is 1. The number of hydrogen-bond donors (Lipinski definition) is 0. The fourth-order valence-electron chi connectivity index (χ4n) is 1.55. The first-order valence-corrected chi connectivity index (χ1v) is 4.93. The molecule has 1 rings (SSSR count). The minimum absolute atomic E-state index is 0.0268. The van der Waals surface area contributed by atoms with Crippen molar-refractivity contribution in [1.82, 2.24) is 4.57 Å². The highest BCUT2D eigenvalue weighted by Gasteiger charge is 2.19. The van der Waals surface area contributed by atoms with Gasteiger partial charge in [-0.05, 0) is 12.1 Å². The molecule has 0 aliphatic heterocycles. The molecule has 0 aliphatic rings. The van der Waals surface area contributed by atoms with Crippen LogP contribution in [0.4, 0.5) is 0 Å². The lowest BCUT2D eigenvalue weighted by Crippen LogP contribution is -2.30. The molecule has 0 fully saturated rings. The summed E-state index contributed by atoms with van der Waals surface area (Å²) in [6.07, 6.45) is 0. The van der Waals surface area contributed by atoms with Crippen LogP contribution < -0.4 is 5.56 Å². The molecule has 4 nitrogen and oxygen atoms in total. The molecule has 0 unspecified atom stereocenters. The van der Waals surface area contributed by atoms with Gasteiger partial charge in [0.1, 0.15) is 18.2 Å². The smallest absolute Gasteiger partial charge is 0.269 e. The standard InChI is InChI=1S/C12H13N3O/c1-12(2,3)10-5-4-9(8-14)11(16)15(10)7-6-13/h4-5H,7H2,1-3H3. The maximum absolute atomic E-state index is 11.8. The van der Waals surface area contributed by atoms with Crippen molar-refractivity contribution in [3.63, 3.8) is 0 Å². The molecule has 0 N–H and O–H groups in total. The van der Waals surface area contributed by atoms with E-state index in [1.165, 1.54) is 10.6 Å². The lowest BCUT2D eigenvalue weighted by Gasteiger charge is -2.22. The highest BCUT2D eigenvalue weighted by Crippen LogP contribution is 2.20. The summed E-state index contributed by atoms with van der Waals surface area (Å²) in [6, 6.07) is 7.02. The quantitative estimate of drug-likeness (QED) is 0.713.